The molecule has 1 saturated heterocycles. The van der Waals surface area contributed by atoms with E-state index in [1.165, 1.54) is 31.4 Å². The number of nitrogens with one attached hydrogen (secondary N) is 1. The van der Waals surface area contributed by atoms with Crippen LogP contribution in [0.5, 0.6) is 0 Å². The van der Waals surface area contributed by atoms with Crippen molar-refractivity contribution in [1.82, 2.24) is 9.47 Å². The first-order valence-electron chi connectivity index (χ1n) is 12.4. The average molecular weight is 592 g/mol. The average Bonchev–Trinajstić information content (AvgIpc) is 3.37. The lowest BCUT2D eigenvalue weighted by Gasteiger charge is -2.13. The van der Waals surface area contributed by atoms with Crippen molar-refractivity contribution in [2.45, 2.75) is 13.5 Å². The van der Waals surface area contributed by atoms with Crippen molar-refractivity contribution in [3.63, 3.8) is 0 Å². The molecule has 1 aliphatic heterocycles. The molecule has 4 aromatic rings. The molecule has 0 atom stereocenters. The van der Waals surface area contributed by atoms with Crippen LogP contribution in [-0.2, 0) is 20.9 Å². The first-order chi connectivity index (χ1) is 19.7. The van der Waals surface area contributed by atoms with Crippen molar-refractivity contribution < 1.29 is 28.3 Å². The van der Waals surface area contributed by atoms with Gasteiger partial charge in [-0.25, -0.2) is 9.18 Å². The quantitative estimate of drug-likeness (QED) is 0.201. The van der Waals surface area contributed by atoms with Crippen molar-refractivity contribution in [3.8, 4) is 0 Å². The Bertz CT molecular complexity index is 1770. The summed E-state index contributed by atoms with van der Waals surface area (Å²) in [6.07, 6.45) is 1.64. The largest absolute Gasteiger partial charge is 0.465 e. The minimum absolute atomic E-state index is 0.0607. The topological polar surface area (TPSA) is 97.7 Å². The van der Waals surface area contributed by atoms with Crippen molar-refractivity contribution in [2.24, 2.45) is 0 Å². The molecule has 0 spiro atoms. The maximum absolute atomic E-state index is 14.4. The maximum atomic E-state index is 14.4. The zero-order valence-corrected chi connectivity index (χ0v) is 23.5. The number of rotatable bonds is 7. The number of ether oxygens (including phenoxy) is 1. The molecule has 2 heterocycles. The smallest absolute Gasteiger partial charge is 0.339 e. The number of hydrogen-bond donors (Lipinski definition) is 1. The van der Waals surface area contributed by atoms with Crippen LogP contribution in [0.2, 0.25) is 5.02 Å². The van der Waals surface area contributed by atoms with Crippen molar-refractivity contribution in [3.05, 3.63) is 105 Å². The van der Waals surface area contributed by atoms with E-state index in [0.717, 1.165) is 38.8 Å². The molecule has 1 aliphatic rings. The van der Waals surface area contributed by atoms with E-state index in [9.17, 15) is 23.6 Å². The third kappa shape index (κ3) is 5.61. The van der Waals surface area contributed by atoms with Crippen LogP contribution in [0.15, 0.2) is 71.6 Å². The van der Waals surface area contributed by atoms with Crippen LogP contribution >= 0.6 is 23.4 Å². The fourth-order valence-electron chi connectivity index (χ4n) is 4.62. The molecule has 1 N–H and O–H groups in total. The fraction of sp³-hybridized carbons (Fsp3) is 0.133. The van der Waals surface area contributed by atoms with E-state index in [4.69, 9.17) is 11.6 Å². The second-order valence-electron chi connectivity index (χ2n) is 9.20. The number of imide groups is 1. The van der Waals surface area contributed by atoms with E-state index < -0.39 is 29.6 Å². The van der Waals surface area contributed by atoms with Crippen molar-refractivity contribution >= 4 is 69.1 Å². The molecule has 3 amide bonds. The Hall–Kier alpha value is -4.41. The first-order valence-corrected chi connectivity index (χ1v) is 13.6. The minimum atomic E-state index is -0.673. The van der Waals surface area contributed by atoms with E-state index in [-0.39, 0.29) is 33.5 Å². The van der Waals surface area contributed by atoms with Crippen LogP contribution in [0.1, 0.15) is 27.2 Å². The van der Waals surface area contributed by atoms with E-state index in [1.807, 2.05) is 35.8 Å². The molecule has 1 aromatic heterocycles. The predicted molar refractivity (Wildman–Crippen MR) is 156 cm³/mol. The summed E-state index contributed by atoms with van der Waals surface area (Å²) in [5.41, 5.74) is 3.21. The molecule has 41 heavy (non-hydrogen) atoms. The van der Waals surface area contributed by atoms with Crippen LogP contribution in [0.25, 0.3) is 17.0 Å². The van der Waals surface area contributed by atoms with Crippen LogP contribution in [0.3, 0.4) is 0 Å². The summed E-state index contributed by atoms with van der Waals surface area (Å²) in [7, 11) is 1.21. The van der Waals surface area contributed by atoms with Crippen LogP contribution < -0.4 is 5.32 Å². The number of aromatic nitrogens is 1. The SMILES string of the molecule is COC(=O)c1cc(NC(=O)CN2C(=O)S/C(=C\c3c(C)n(Cc4ccccc4F)c4ccccc34)C2=O)ccc1Cl. The third-order valence-electron chi connectivity index (χ3n) is 6.67. The molecular formula is C30H23ClFN3O5S. The summed E-state index contributed by atoms with van der Waals surface area (Å²) in [6.45, 7) is 1.64. The maximum Gasteiger partial charge on any atom is 0.339 e. The fourth-order valence-corrected chi connectivity index (χ4v) is 5.64. The molecule has 208 valence electrons. The number of anilines is 1. The van der Waals surface area contributed by atoms with Gasteiger partial charge in [-0.2, -0.15) is 0 Å². The van der Waals surface area contributed by atoms with Gasteiger partial charge >= 0.3 is 5.97 Å². The summed E-state index contributed by atoms with van der Waals surface area (Å²) in [6, 6.07) is 18.4. The molecule has 11 heteroatoms. The predicted octanol–water partition coefficient (Wildman–Crippen LogP) is 6.25. The minimum Gasteiger partial charge on any atom is -0.465 e. The Morgan fingerprint density at radius 1 is 1.07 bits per heavy atom. The molecule has 0 bridgehead atoms. The Morgan fingerprint density at radius 3 is 2.56 bits per heavy atom. The highest BCUT2D eigenvalue weighted by molar-refractivity contribution is 8.18. The van der Waals surface area contributed by atoms with Crippen molar-refractivity contribution in [1.29, 1.82) is 0 Å². The first kappa shape index (κ1) is 28.1. The molecule has 0 saturated carbocycles. The summed E-state index contributed by atoms with van der Waals surface area (Å²) >= 11 is 6.76. The van der Waals surface area contributed by atoms with Gasteiger partial charge in [0, 0.05) is 33.4 Å². The van der Waals surface area contributed by atoms with E-state index in [0.29, 0.717) is 5.56 Å². The van der Waals surface area contributed by atoms with Gasteiger partial charge in [0.25, 0.3) is 11.1 Å². The van der Waals surface area contributed by atoms with Crippen LogP contribution in [-0.4, -0.2) is 46.1 Å². The van der Waals surface area contributed by atoms with E-state index in [2.05, 4.69) is 10.1 Å². The normalized spacial score (nSPS) is 14.2. The second-order valence-corrected chi connectivity index (χ2v) is 10.6. The van der Waals surface area contributed by atoms with E-state index >= 15 is 0 Å². The van der Waals surface area contributed by atoms with Gasteiger partial charge in [-0.05, 0) is 55.1 Å². The Kier molecular flexibility index (Phi) is 7.96. The highest BCUT2D eigenvalue weighted by atomic mass is 35.5. The number of halogens is 2. The van der Waals surface area contributed by atoms with Gasteiger partial charge in [0.1, 0.15) is 12.4 Å². The third-order valence-corrected chi connectivity index (χ3v) is 7.91. The molecule has 3 aromatic carbocycles. The summed E-state index contributed by atoms with van der Waals surface area (Å²) in [4.78, 5) is 51.6. The number of carbonyl (C=O) groups is 4. The summed E-state index contributed by atoms with van der Waals surface area (Å²) in [5, 5.41) is 2.98. The summed E-state index contributed by atoms with van der Waals surface area (Å²) < 4.78 is 21.1. The second kappa shape index (κ2) is 11.6. The van der Waals surface area contributed by atoms with Crippen molar-refractivity contribution in [2.75, 3.05) is 19.0 Å². The number of hydrogen-bond acceptors (Lipinski definition) is 6. The number of nitrogens with zero attached hydrogens (tertiary/aromatic N) is 2. The van der Waals surface area contributed by atoms with Gasteiger partial charge in [-0.15, -0.1) is 0 Å². The molecule has 0 radical (unpaired) electrons. The number of para-hydroxylation sites is 1. The Morgan fingerprint density at radius 2 is 1.80 bits per heavy atom. The number of thioether (sulfide) groups is 1. The number of benzene rings is 3. The molecule has 0 unspecified atom stereocenters. The number of esters is 1. The lowest BCUT2D eigenvalue weighted by Crippen LogP contribution is -2.36. The van der Waals surface area contributed by atoms with Gasteiger partial charge in [-0.1, -0.05) is 48.0 Å². The molecular weight excluding hydrogens is 569 g/mol. The van der Waals surface area contributed by atoms with E-state index in [1.54, 1.807) is 24.3 Å². The van der Waals surface area contributed by atoms with Gasteiger partial charge < -0.3 is 14.6 Å². The van der Waals surface area contributed by atoms with Gasteiger partial charge in [0.2, 0.25) is 5.91 Å². The monoisotopic (exact) mass is 591 g/mol. The summed E-state index contributed by atoms with van der Waals surface area (Å²) in [5.74, 6) is -2.23. The zero-order valence-electron chi connectivity index (χ0n) is 21.9. The number of amides is 3. The van der Waals surface area contributed by atoms with Gasteiger partial charge in [0.05, 0.1) is 29.1 Å². The molecule has 5 rings (SSSR count). The van der Waals surface area contributed by atoms with Gasteiger partial charge in [0.15, 0.2) is 0 Å². The standard InChI is InChI=1S/C30H23ClFN3O5S/c1-17-21(20-8-4-6-10-25(20)34(17)15-18-7-3-5-9-24(18)32)14-26-28(37)35(30(39)41-26)16-27(36)33-19-11-12-23(31)22(13-19)29(38)40-2/h3-14H,15-16H2,1-2H3,(H,33,36)/b26-14-. The Labute approximate surface area is 243 Å². The lowest BCUT2D eigenvalue weighted by atomic mass is 10.1. The number of methoxy groups -OCH3 is 1. The van der Waals surface area contributed by atoms with Crippen LogP contribution in [0.4, 0.5) is 14.9 Å². The molecule has 8 nitrogen and oxygen atoms in total. The molecule has 0 aliphatic carbocycles. The number of fused-ring (bicyclic) bond motifs is 1. The molecule has 1 fully saturated rings. The highest BCUT2D eigenvalue weighted by Crippen LogP contribution is 2.36. The van der Waals surface area contributed by atoms with Gasteiger partial charge in [-0.3, -0.25) is 19.3 Å². The zero-order chi connectivity index (χ0) is 29.3. The number of carbonyl (C=O) groups excluding carboxylic acids is 4. The Balaban J connectivity index is 1.38. The lowest BCUT2D eigenvalue weighted by molar-refractivity contribution is -0.127. The van der Waals surface area contributed by atoms with Crippen LogP contribution in [0, 0.1) is 12.7 Å². The highest BCUT2D eigenvalue weighted by Gasteiger charge is 2.36.